The monoisotopic (exact) mass is 332 g/mol. The standard InChI is InChI=1S/C18H20N2O2.ClH/c21-18(16-11-19-12-16)20-10-14-6-8-17(9-7-14)22-13-15-4-2-1-3-5-15;/h1-9,16,19H,10-13H2,(H,20,21);1H. The van der Waals surface area contributed by atoms with Crippen LogP contribution in [0.15, 0.2) is 54.6 Å². The van der Waals surface area contributed by atoms with Gasteiger partial charge in [-0.15, -0.1) is 12.4 Å². The quantitative estimate of drug-likeness (QED) is 0.854. The van der Waals surface area contributed by atoms with E-state index in [9.17, 15) is 4.79 Å². The molecule has 0 atom stereocenters. The highest BCUT2D eigenvalue weighted by Crippen LogP contribution is 2.14. The van der Waals surface area contributed by atoms with Gasteiger partial charge < -0.3 is 15.4 Å². The Balaban J connectivity index is 0.00000192. The van der Waals surface area contributed by atoms with Crippen LogP contribution in [0.25, 0.3) is 0 Å². The zero-order valence-corrected chi connectivity index (χ0v) is 13.6. The summed E-state index contributed by atoms with van der Waals surface area (Å²) in [5.41, 5.74) is 2.22. The van der Waals surface area contributed by atoms with E-state index in [1.165, 1.54) is 0 Å². The van der Waals surface area contributed by atoms with Gasteiger partial charge in [-0.1, -0.05) is 42.5 Å². The van der Waals surface area contributed by atoms with Gasteiger partial charge in [-0.25, -0.2) is 0 Å². The second-order valence-corrected chi connectivity index (χ2v) is 5.49. The van der Waals surface area contributed by atoms with Gasteiger partial charge in [-0.05, 0) is 23.3 Å². The second kappa shape index (κ2) is 8.56. The minimum absolute atomic E-state index is 0. The predicted molar refractivity (Wildman–Crippen MR) is 92.7 cm³/mol. The molecule has 0 radical (unpaired) electrons. The van der Waals surface area contributed by atoms with E-state index in [0.29, 0.717) is 13.2 Å². The maximum Gasteiger partial charge on any atom is 0.225 e. The summed E-state index contributed by atoms with van der Waals surface area (Å²) in [5, 5.41) is 6.06. The molecule has 0 aliphatic carbocycles. The summed E-state index contributed by atoms with van der Waals surface area (Å²) in [6.07, 6.45) is 0. The average Bonchev–Trinajstić information content (AvgIpc) is 2.51. The molecule has 1 aliphatic rings. The van der Waals surface area contributed by atoms with Crippen LogP contribution in [-0.2, 0) is 17.9 Å². The van der Waals surface area contributed by atoms with Crippen molar-refractivity contribution in [1.82, 2.24) is 10.6 Å². The van der Waals surface area contributed by atoms with Crippen molar-refractivity contribution < 1.29 is 9.53 Å². The van der Waals surface area contributed by atoms with Gasteiger partial charge in [-0.3, -0.25) is 4.79 Å². The van der Waals surface area contributed by atoms with E-state index in [2.05, 4.69) is 10.6 Å². The van der Waals surface area contributed by atoms with Crippen molar-refractivity contribution in [2.75, 3.05) is 13.1 Å². The minimum Gasteiger partial charge on any atom is -0.489 e. The molecular weight excluding hydrogens is 312 g/mol. The third-order valence-corrected chi connectivity index (χ3v) is 3.79. The molecule has 1 heterocycles. The fourth-order valence-corrected chi connectivity index (χ4v) is 2.25. The zero-order valence-electron chi connectivity index (χ0n) is 12.8. The lowest BCUT2D eigenvalue weighted by atomic mass is 10.0. The average molecular weight is 333 g/mol. The third kappa shape index (κ3) is 4.98. The van der Waals surface area contributed by atoms with Gasteiger partial charge in [0.2, 0.25) is 5.91 Å². The number of hydrogen-bond donors (Lipinski definition) is 2. The summed E-state index contributed by atoms with van der Waals surface area (Å²) in [6, 6.07) is 17.9. The molecule has 1 amide bonds. The molecule has 2 aromatic carbocycles. The van der Waals surface area contributed by atoms with E-state index >= 15 is 0 Å². The molecule has 3 rings (SSSR count). The summed E-state index contributed by atoms with van der Waals surface area (Å²) in [4.78, 5) is 11.7. The number of nitrogens with one attached hydrogen (secondary N) is 2. The normalized spacial score (nSPS) is 13.6. The molecule has 5 heteroatoms. The second-order valence-electron chi connectivity index (χ2n) is 5.49. The summed E-state index contributed by atoms with van der Waals surface area (Å²) in [6.45, 7) is 2.70. The number of halogens is 1. The fourth-order valence-electron chi connectivity index (χ4n) is 2.25. The highest BCUT2D eigenvalue weighted by atomic mass is 35.5. The molecule has 0 aromatic heterocycles. The van der Waals surface area contributed by atoms with Crippen LogP contribution in [0.2, 0.25) is 0 Å². The molecule has 1 aliphatic heterocycles. The van der Waals surface area contributed by atoms with Crippen molar-refractivity contribution in [1.29, 1.82) is 0 Å². The summed E-state index contributed by atoms with van der Waals surface area (Å²) < 4.78 is 5.74. The molecule has 0 bridgehead atoms. The van der Waals surface area contributed by atoms with Crippen LogP contribution in [0.1, 0.15) is 11.1 Å². The van der Waals surface area contributed by atoms with Crippen LogP contribution in [0.3, 0.4) is 0 Å². The number of carbonyl (C=O) groups excluding carboxylic acids is 1. The summed E-state index contributed by atoms with van der Waals surface area (Å²) in [7, 11) is 0. The molecule has 23 heavy (non-hydrogen) atoms. The van der Waals surface area contributed by atoms with Crippen molar-refractivity contribution >= 4 is 18.3 Å². The number of carbonyl (C=O) groups is 1. The first-order valence-electron chi connectivity index (χ1n) is 7.55. The molecular formula is C18H21ClN2O2. The Morgan fingerprint density at radius 1 is 1.04 bits per heavy atom. The number of ether oxygens (including phenoxy) is 1. The minimum atomic E-state index is 0. The van der Waals surface area contributed by atoms with Crippen LogP contribution in [0, 0.1) is 5.92 Å². The van der Waals surface area contributed by atoms with Gasteiger partial charge in [0.25, 0.3) is 0 Å². The third-order valence-electron chi connectivity index (χ3n) is 3.79. The first kappa shape index (κ1) is 17.3. The zero-order chi connectivity index (χ0) is 15.2. The van der Waals surface area contributed by atoms with Crippen LogP contribution in [0.5, 0.6) is 5.75 Å². The smallest absolute Gasteiger partial charge is 0.225 e. The Kier molecular flexibility index (Phi) is 6.44. The van der Waals surface area contributed by atoms with Crippen molar-refractivity contribution in [2.45, 2.75) is 13.2 Å². The molecule has 1 saturated heterocycles. The summed E-state index contributed by atoms with van der Waals surface area (Å²) in [5.74, 6) is 1.10. The van der Waals surface area contributed by atoms with Crippen molar-refractivity contribution in [3.8, 4) is 5.75 Å². The molecule has 122 valence electrons. The van der Waals surface area contributed by atoms with Gasteiger partial charge in [-0.2, -0.15) is 0 Å². The van der Waals surface area contributed by atoms with Crippen LogP contribution in [-0.4, -0.2) is 19.0 Å². The van der Waals surface area contributed by atoms with Crippen LogP contribution >= 0.6 is 12.4 Å². The van der Waals surface area contributed by atoms with E-state index in [1.807, 2.05) is 54.6 Å². The molecule has 0 spiro atoms. The Hall–Kier alpha value is -2.04. The Bertz CT molecular complexity index is 613. The Morgan fingerprint density at radius 2 is 1.74 bits per heavy atom. The largest absolute Gasteiger partial charge is 0.489 e. The van der Waals surface area contributed by atoms with E-state index in [0.717, 1.165) is 30.0 Å². The highest BCUT2D eigenvalue weighted by molar-refractivity contribution is 5.85. The molecule has 2 aromatic rings. The lowest BCUT2D eigenvalue weighted by Gasteiger charge is -2.25. The van der Waals surface area contributed by atoms with Gasteiger partial charge in [0.15, 0.2) is 0 Å². The van der Waals surface area contributed by atoms with Gasteiger partial charge >= 0.3 is 0 Å². The van der Waals surface area contributed by atoms with E-state index in [4.69, 9.17) is 4.74 Å². The molecule has 4 nitrogen and oxygen atoms in total. The Morgan fingerprint density at radius 3 is 2.35 bits per heavy atom. The lowest BCUT2D eigenvalue weighted by Crippen LogP contribution is -2.50. The highest BCUT2D eigenvalue weighted by Gasteiger charge is 2.24. The van der Waals surface area contributed by atoms with Gasteiger partial charge in [0.1, 0.15) is 12.4 Å². The van der Waals surface area contributed by atoms with E-state index < -0.39 is 0 Å². The molecule has 1 fully saturated rings. The topological polar surface area (TPSA) is 50.4 Å². The van der Waals surface area contributed by atoms with E-state index in [-0.39, 0.29) is 24.2 Å². The number of hydrogen-bond acceptors (Lipinski definition) is 3. The predicted octanol–water partition coefficient (Wildman–Crippen LogP) is 2.52. The number of rotatable bonds is 6. The van der Waals surface area contributed by atoms with Gasteiger partial charge in [0.05, 0.1) is 5.92 Å². The maximum absolute atomic E-state index is 11.7. The SMILES string of the molecule is Cl.O=C(NCc1ccc(OCc2ccccc2)cc1)C1CNC1. The van der Waals surface area contributed by atoms with E-state index in [1.54, 1.807) is 0 Å². The van der Waals surface area contributed by atoms with Crippen molar-refractivity contribution in [3.05, 3.63) is 65.7 Å². The first-order chi connectivity index (χ1) is 10.8. The van der Waals surface area contributed by atoms with Gasteiger partial charge in [0, 0.05) is 19.6 Å². The van der Waals surface area contributed by atoms with Crippen molar-refractivity contribution in [2.24, 2.45) is 5.92 Å². The first-order valence-corrected chi connectivity index (χ1v) is 7.55. The lowest BCUT2D eigenvalue weighted by molar-refractivity contribution is -0.126. The fraction of sp³-hybridized carbons (Fsp3) is 0.278. The number of amides is 1. The Labute approximate surface area is 142 Å². The molecule has 0 unspecified atom stereocenters. The van der Waals surface area contributed by atoms with Crippen LogP contribution in [0.4, 0.5) is 0 Å². The number of benzene rings is 2. The molecule has 0 saturated carbocycles. The van der Waals surface area contributed by atoms with Crippen molar-refractivity contribution in [3.63, 3.8) is 0 Å². The molecule has 2 N–H and O–H groups in total. The maximum atomic E-state index is 11.7. The summed E-state index contributed by atoms with van der Waals surface area (Å²) >= 11 is 0. The van der Waals surface area contributed by atoms with Crippen LogP contribution < -0.4 is 15.4 Å².